The lowest BCUT2D eigenvalue weighted by molar-refractivity contribution is -0.115. The van der Waals surface area contributed by atoms with E-state index in [4.69, 9.17) is 0 Å². The van der Waals surface area contributed by atoms with Gasteiger partial charge >= 0.3 is 0 Å². The molecule has 2 rings (SSSR count). The molecule has 132 valence electrons. The number of phenolic OH excluding ortho intramolecular Hbond substituents is 1. The number of rotatable bonds is 2. The predicted octanol–water partition coefficient (Wildman–Crippen LogP) is 4.66. The molecule has 1 aliphatic rings. The molecular formula is C19H27NO2S2. The van der Waals surface area contributed by atoms with Crippen molar-refractivity contribution in [2.24, 2.45) is 4.99 Å². The van der Waals surface area contributed by atoms with Crippen molar-refractivity contribution in [1.29, 1.82) is 0 Å². The van der Waals surface area contributed by atoms with Crippen molar-refractivity contribution >= 4 is 39.1 Å². The van der Waals surface area contributed by atoms with Crippen molar-refractivity contribution in [3.63, 3.8) is 0 Å². The molecule has 0 aromatic heterocycles. The predicted molar refractivity (Wildman–Crippen MR) is 109 cm³/mol. The van der Waals surface area contributed by atoms with Gasteiger partial charge in [0.05, 0.1) is 5.55 Å². The van der Waals surface area contributed by atoms with E-state index in [-0.39, 0.29) is 31.8 Å². The summed E-state index contributed by atoms with van der Waals surface area (Å²) in [6, 6.07) is 4.11. The molecule has 5 heteroatoms. The number of aromatic hydroxyl groups is 1. The van der Waals surface area contributed by atoms with Crippen LogP contribution < -0.4 is 0 Å². The van der Waals surface area contributed by atoms with Gasteiger partial charge in [0, 0.05) is 11.1 Å². The topological polar surface area (TPSA) is 49.7 Å². The Labute approximate surface area is 151 Å². The van der Waals surface area contributed by atoms with Gasteiger partial charge < -0.3 is 5.11 Å². The highest BCUT2D eigenvalue weighted by Gasteiger charge is 2.27. The molecule has 1 aromatic carbocycles. The summed E-state index contributed by atoms with van der Waals surface area (Å²) in [5, 5.41) is 12.9. The van der Waals surface area contributed by atoms with Crippen molar-refractivity contribution in [2.75, 3.05) is 6.26 Å². The highest BCUT2D eigenvalue weighted by Crippen LogP contribution is 2.40. The monoisotopic (exact) mass is 365 g/mol. The first kappa shape index (κ1) is 19.3. The lowest BCUT2D eigenvalue weighted by Gasteiger charge is -2.28. The van der Waals surface area contributed by atoms with E-state index in [0.29, 0.717) is 5.75 Å². The van der Waals surface area contributed by atoms with Gasteiger partial charge in [-0.05, 0) is 40.1 Å². The summed E-state index contributed by atoms with van der Waals surface area (Å²) in [7, 11) is -0.221. The van der Waals surface area contributed by atoms with Gasteiger partial charge in [-0.1, -0.05) is 53.3 Å². The number of benzene rings is 1. The molecule has 1 heterocycles. The van der Waals surface area contributed by atoms with Crippen LogP contribution in [-0.4, -0.2) is 32.8 Å². The third kappa shape index (κ3) is 4.12. The lowest BCUT2D eigenvalue weighted by Crippen LogP contribution is -2.18. The molecule has 0 saturated carbocycles. The Bertz CT molecular complexity index is 687. The number of nitrogens with zero attached hydrogens (tertiary/aromatic N) is 1. The van der Waals surface area contributed by atoms with Gasteiger partial charge in [0.25, 0.3) is 5.91 Å². The molecule has 1 N–H and O–H groups in total. The van der Waals surface area contributed by atoms with Crippen LogP contribution in [0.1, 0.15) is 58.2 Å². The molecule has 1 aromatic rings. The van der Waals surface area contributed by atoms with Crippen molar-refractivity contribution in [1.82, 2.24) is 0 Å². The minimum absolute atomic E-state index is 0.0482. The number of aliphatic imine (C=N–C) groups is 1. The Kier molecular flexibility index (Phi) is 5.36. The number of hydrogen-bond donors (Lipinski definition) is 1. The summed E-state index contributed by atoms with van der Waals surface area (Å²) in [5.74, 6) is 0.339. The number of carbonyl (C=O) groups is 1. The largest absolute Gasteiger partial charge is 0.507 e. The maximum Gasteiger partial charge on any atom is 0.269 e. The zero-order valence-corrected chi connectivity index (χ0v) is 17.1. The molecule has 2 unspecified atom stereocenters. The maximum atomic E-state index is 11.8. The molecule has 0 fully saturated rings. The van der Waals surface area contributed by atoms with E-state index < -0.39 is 0 Å². The van der Waals surface area contributed by atoms with E-state index in [2.05, 4.69) is 70.3 Å². The van der Waals surface area contributed by atoms with Gasteiger partial charge in [0.2, 0.25) is 0 Å². The average Bonchev–Trinajstić information content (AvgIpc) is 2.84. The average molecular weight is 366 g/mol. The molecule has 3 nitrogen and oxygen atoms in total. The van der Waals surface area contributed by atoms with Gasteiger partial charge in [-0.15, -0.1) is 0 Å². The highest BCUT2D eigenvalue weighted by atomic mass is 32.2. The third-order valence-electron chi connectivity index (χ3n) is 3.97. The summed E-state index contributed by atoms with van der Waals surface area (Å²) in [6.45, 7) is 12.6. The molecular weight excluding hydrogens is 338 g/mol. The molecule has 24 heavy (non-hydrogen) atoms. The zero-order valence-electron chi connectivity index (χ0n) is 15.5. The second-order valence-corrected chi connectivity index (χ2v) is 11.4. The fraction of sp³-hybridized carbons (Fsp3) is 0.526. The van der Waals surface area contributed by atoms with Gasteiger partial charge in [0.15, 0.2) is 0 Å². The molecule has 0 aliphatic carbocycles. The van der Waals surface area contributed by atoms with Gasteiger partial charge in [0.1, 0.15) is 10.3 Å². The first-order valence-electron chi connectivity index (χ1n) is 7.99. The summed E-state index contributed by atoms with van der Waals surface area (Å²) >= 11 is 1.49. The van der Waals surface area contributed by atoms with Crippen LogP contribution in [0.15, 0.2) is 17.1 Å². The van der Waals surface area contributed by atoms with E-state index >= 15 is 0 Å². The first-order valence-corrected chi connectivity index (χ1v) is 10.7. The second-order valence-electron chi connectivity index (χ2n) is 8.23. The van der Waals surface area contributed by atoms with Crippen molar-refractivity contribution < 1.29 is 9.90 Å². The number of carbonyl (C=O) groups excluding carboxylic acids is 1. The summed E-state index contributed by atoms with van der Waals surface area (Å²) in [4.78, 5) is 15.7. The Hall–Kier alpha value is -1.07. The van der Waals surface area contributed by atoms with Crippen LogP contribution in [0, 0.1) is 0 Å². The molecule has 2 atom stereocenters. The van der Waals surface area contributed by atoms with Gasteiger partial charge in [-0.25, -0.2) is 4.99 Å². The Balaban J connectivity index is 2.56. The summed E-state index contributed by atoms with van der Waals surface area (Å²) in [6.07, 6.45) is 2.07. The summed E-state index contributed by atoms with van der Waals surface area (Å²) < 4.78 is -0.116. The van der Waals surface area contributed by atoms with Crippen LogP contribution >= 0.6 is 22.2 Å². The second kappa shape index (κ2) is 6.68. The normalized spacial score (nSPS) is 20.0. The molecule has 0 bridgehead atoms. The molecule has 0 spiro atoms. The molecule has 1 amide bonds. The standard InChI is InChI=1S/C19H27NO2S2/c1-18(2,3)13-8-12(9-14(15(13)21)19(4,5)6)10-24(7)17-16(22)20-11-23-17/h8-11,17,21H,1-7H3. The number of hydrogen-bond acceptors (Lipinski definition) is 3. The van der Waals surface area contributed by atoms with Gasteiger partial charge in [-0.2, -0.15) is 10.5 Å². The molecule has 0 saturated heterocycles. The molecule has 0 radical (unpaired) electrons. The Morgan fingerprint density at radius 2 is 1.62 bits per heavy atom. The SMILES string of the molecule is C/S(=C\c1cc(C(C)(C)C)c(O)c(C(C)(C)C)c1)C1SC=NC1=O. The van der Waals surface area contributed by atoms with Crippen LogP contribution in [0.5, 0.6) is 5.75 Å². The van der Waals surface area contributed by atoms with Crippen LogP contribution in [0.2, 0.25) is 0 Å². The minimum Gasteiger partial charge on any atom is -0.507 e. The van der Waals surface area contributed by atoms with Crippen LogP contribution in [0.3, 0.4) is 0 Å². The first-order chi connectivity index (χ1) is 10.9. The van der Waals surface area contributed by atoms with Crippen LogP contribution in [0.4, 0.5) is 0 Å². The van der Waals surface area contributed by atoms with E-state index in [1.165, 1.54) is 11.8 Å². The minimum atomic E-state index is -0.221. The number of phenols is 1. The van der Waals surface area contributed by atoms with Gasteiger partial charge in [-0.3, -0.25) is 4.79 Å². The van der Waals surface area contributed by atoms with E-state index in [1.54, 1.807) is 5.55 Å². The smallest absolute Gasteiger partial charge is 0.269 e. The highest BCUT2D eigenvalue weighted by molar-refractivity contribution is 8.31. The van der Waals surface area contributed by atoms with E-state index in [0.717, 1.165) is 16.7 Å². The fourth-order valence-corrected chi connectivity index (χ4v) is 5.19. The summed E-state index contributed by atoms with van der Waals surface area (Å²) in [5.41, 5.74) is 4.29. The fourth-order valence-electron chi connectivity index (χ4n) is 2.65. The van der Waals surface area contributed by atoms with Crippen molar-refractivity contribution in [3.8, 4) is 5.75 Å². The number of amides is 1. The number of thioether (sulfide) groups is 1. The van der Waals surface area contributed by atoms with Crippen molar-refractivity contribution in [2.45, 2.75) is 57.0 Å². The lowest BCUT2D eigenvalue weighted by atomic mass is 9.78. The Morgan fingerprint density at radius 3 is 2.00 bits per heavy atom. The van der Waals surface area contributed by atoms with Crippen LogP contribution in [0.25, 0.3) is 0 Å². The quantitative estimate of drug-likeness (QED) is 0.775. The van der Waals surface area contributed by atoms with E-state index in [9.17, 15) is 9.90 Å². The van der Waals surface area contributed by atoms with E-state index in [1.807, 2.05) is 0 Å². The zero-order chi connectivity index (χ0) is 18.3. The third-order valence-corrected chi connectivity index (χ3v) is 7.41. The Morgan fingerprint density at radius 1 is 1.12 bits per heavy atom. The molecule has 1 aliphatic heterocycles. The van der Waals surface area contributed by atoms with Crippen LogP contribution in [-0.2, 0) is 15.6 Å². The van der Waals surface area contributed by atoms with Crippen molar-refractivity contribution in [3.05, 3.63) is 28.8 Å². The maximum absolute atomic E-state index is 11.8.